The predicted octanol–water partition coefficient (Wildman–Crippen LogP) is 0.608. The minimum absolute atomic E-state index is 0.214. The Hall–Kier alpha value is -3.80. The van der Waals surface area contributed by atoms with Gasteiger partial charge in [-0.15, -0.1) is 0 Å². The summed E-state index contributed by atoms with van der Waals surface area (Å²) in [7, 11) is 0. The molecule has 1 aliphatic rings. The van der Waals surface area contributed by atoms with Crippen molar-refractivity contribution in [3.05, 3.63) is 47.4 Å². The maximum atomic E-state index is 12.6. The van der Waals surface area contributed by atoms with Crippen LogP contribution < -0.4 is 11.2 Å². The third-order valence-electron chi connectivity index (χ3n) is 3.56. The van der Waals surface area contributed by atoms with Gasteiger partial charge in [0.1, 0.15) is 35.3 Å². The smallest absolute Gasteiger partial charge is 0.290 e. The molecule has 110 valence electrons. The summed E-state index contributed by atoms with van der Waals surface area (Å²) in [6.07, 6.45) is 0. The van der Waals surface area contributed by atoms with Crippen LogP contribution in [0.3, 0.4) is 0 Å². The van der Waals surface area contributed by atoms with Gasteiger partial charge in [0.25, 0.3) is 5.91 Å². The fourth-order valence-corrected chi connectivity index (χ4v) is 2.38. The van der Waals surface area contributed by atoms with Crippen molar-refractivity contribution < 1.29 is 4.79 Å². The van der Waals surface area contributed by atoms with Gasteiger partial charge in [0.05, 0.1) is 0 Å². The molecule has 1 amide bonds. The number of nitriles is 3. The molecule has 0 radical (unpaired) electrons. The molecule has 0 fully saturated rings. The number of nitrogens with two attached hydrogens (primary N) is 1. The molecule has 0 atom stereocenters. The molecule has 0 aliphatic carbocycles. The number of aromatic amines is 1. The number of carbonyl (C=O) groups is 1. The van der Waals surface area contributed by atoms with Crippen LogP contribution in [-0.4, -0.2) is 21.4 Å². The summed E-state index contributed by atoms with van der Waals surface area (Å²) in [5.74, 6) is -0.863. The Morgan fingerprint density at radius 1 is 1.22 bits per heavy atom. The minimum Gasteiger partial charge on any atom is -0.383 e. The molecule has 0 bridgehead atoms. The van der Waals surface area contributed by atoms with E-state index in [9.17, 15) is 15.3 Å². The molecule has 4 N–H and O–H groups in total. The molecule has 0 spiro atoms. The predicted molar refractivity (Wildman–Crippen MR) is 78.4 cm³/mol. The molecule has 1 aromatic carbocycles. The number of aromatic nitrogens is 1. The topological polar surface area (TPSA) is 146 Å². The van der Waals surface area contributed by atoms with E-state index in [-0.39, 0.29) is 17.1 Å². The Morgan fingerprint density at radius 2 is 1.91 bits per heavy atom. The number of amides is 1. The first kappa shape index (κ1) is 14.2. The van der Waals surface area contributed by atoms with Crippen LogP contribution in [0.4, 0.5) is 0 Å². The molecule has 2 aromatic rings. The molecule has 0 saturated carbocycles. The minimum atomic E-state index is -1.97. The number of carbonyl (C=O) groups excluding carboxylic acids is 1. The molecule has 23 heavy (non-hydrogen) atoms. The second-order valence-corrected chi connectivity index (χ2v) is 4.87. The van der Waals surface area contributed by atoms with Crippen molar-refractivity contribution in [2.24, 2.45) is 5.73 Å². The Labute approximate surface area is 130 Å². The van der Waals surface area contributed by atoms with E-state index in [0.717, 1.165) is 15.9 Å². The zero-order chi connectivity index (χ0) is 16.6. The standard InChI is InChI=1S/C15H9N7O/c16-6-10-13(19)22(21-15(10,7-17)8-18)14(23)12-5-9-3-1-2-4-11(9)20-12/h1-5,20-21H,19H2. The van der Waals surface area contributed by atoms with Gasteiger partial charge in [-0.25, -0.2) is 5.01 Å². The molecule has 3 rings (SSSR count). The SMILES string of the molecule is N#CC1=C(N)N(C(=O)c2cc3ccccc3[nH]2)NC1(C#N)C#N. The number of rotatable bonds is 1. The first-order valence-corrected chi connectivity index (χ1v) is 6.49. The number of H-pyrrole nitrogens is 1. The van der Waals surface area contributed by atoms with Crippen molar-refractivity contribution in [1.82, 2.24) is 15.4 Å². The number of nitrogens with one attached hydrogen (secondary N) is 2. The lowest BCUT2D eigenvalue weighted by Gasteiger charge is -2.19. The molecule has 8 nitrogen and oxygen atoms in total. The molecule has 8 heteroatoms. The first-order chi connectivity index (χ1) is 11.1. The Balaban J connectivity index is 2.05. The number of hydrogen-bond acceptors (Lipinski definition) is 6. The quantitative estimate of drug-likeness (QED) is 0.703. The summed E-state index contributed by atoms with van der Waals surface area (Å²) < 4.78 is 0. The van der Waals surface area contributed by atoms with Gasteiger partial charge in [0, 0.05) is 10.9 Å². The van der Waals surface area contributed by atoms with Gasteiger partial charge in [0.15, 0.2) is 0 Å². The lowest BCUT2D eigenvalue weighted by atomic mass is 9.96. The Kier molecular flexibility index (Phi) is 3.01. The lowest BCUT2D eigenvalue weighted by Crippen LogP contribution is -2.49. The van der Waals surface area contributed by atoms with Gasteiger partial charge in [-0.2, -0.15) is 21.2 Å². The normalized spacial score (nSPS) is 16.0. The highest BCUT2D eigenvalue weighted by atomic mass is 16.2. The van der Waals surface area contributed by atoms with E-state index in [1.807, 2.05) is 18.2 Å². The van der Waals surface area contributed by atoms with Gasteiger partial charge in [0.2, 0.25) is 5.54 Å². The van der Waals surface area contributed by atoms with Crippen LogP contribution in [-0.2, 0) is 0 Å². The van der Waals surface area contributed by atoms with Gasteiger partial charge < -0.3 is 10.7 Å². The second kappa shape index (κ2) is 4.88. The Bertz CT molecular complexity index is 933. The van der Waals surface area contributed by atoms with Crippen LogP contribution >= 0.6 is 0 Å². The van der Waals surface area contributed by atoms with Crippen molar-refractivity contribution >= 4 is 16.8 Å². The maximum Gasteiger partial charge on any atom is 0.290 e. The Morgan fingerprint density at radius 3 is 2.48 bits per heavy atom. The zero-order valence-electron chi connectivity index (χ0n) is 11.7. The number of nitrogens with zero attached hydrogens (tertiary/aromatic N) is 4. The average Bonchev–Trinajstić information content (AvgIpc) is 3.13. The summed E-state index contributed by atoms with van der Waals surface area (Å²) in [4.78, 5) is 15.5. The van der Waals surface area contributed by atoms with Gasteiger partial charge in [-0.05, 0) is 12.1 Å². The molecular formula is C15H9N7O. The van der Waals surface area contributed by atoms with E-state index in [2.05, 4.69) is 10.4 Å². The maximum absolute atomic E-state index is 12.6. The number of hydrogen-bond donors (Lipinski definition) is 3. The van der Waals surface area contributed by atoms with Gasteiger partial charge in [-0.1, -0.05) is 18.2 Å². The van der Waals surface area contributed by atoms with Crippen molar-refractivity contribution in [2.45, 2.75) is 5.54 Å². The van der Waals surface area contributed by atoms with E-state index in [1.165, 1.54) is 0 Å². The highest BCUT2D eigenvalue weighted by molar-refractivity contribution is 5.99. The van der Waals surface area contributed by atoms with Gasteiger partial charge in [-0.3, -0.25) is 4.79 Å². The van der Waals surface area contributed by atoms with E-state index in [0.29, 0.717) is 0 Å². The van der Waals surface area contributed by atoms with Crippen LogP contribution in [0.1, 0.15) is 10.5 Å². The summed E-state index contributed by atoms with van der Waals surface area (Å²) in [5.41, 5.74) is 6.89. The van der Waals surface area contributed by atoms with Crippen LogP contribution in [0.15, 0.2) is 41.7 Å². The average molecular weight is 303 g/mol. The largest absolute Gasteiger partial charge is 0.383 e. The van der Waals surface area contributed by atoms with Gasteiger partial charge >= 0.3 is 0 Å². The summed E-state index contributed by atoms with van der Waals surface area (Å²) in [6.45, 7) is 0. The van der Waals surface area contributed by atoms with E-state index in [1.54, 1.807) is 30.3 Å². The molecule has 1 aliphatic heterocycles. The van der Waals surface area contributed by atoms with E-state index < -0.39 is 11.4 Å². The van der Waals surface area contributed by atoms with Crippen LogP contribution in [0, 0.1) is 34.0 Å². The van der Waals surface area contributed by atoms with Crippen molar-refractivity contribution in [1.29, 1.82) is 15.8 Å². The monoisotopic (exact) mass is 303 g/mol. The van der Waals surface area contributed by atoms with E-state index in [4.69, 9.17) is 11.0 Å². The van der Waals surface area contributed by atoms with Crippen molar-refractivity contribution in [2.75, 3.05) is 0 Å². The number of benzene rings is 1. The third kappa shape index (κ3) is 1.90. The summed E-state index contributed by atoms with van der Waals surface area (Å²) in [5, 5.41) is 29.2. The van der Waals surface area contributed by atoms with Crippen LogP contribution in [0.2, 0.25) is 0 Å². The second-order valence-electron chi connectivity index (χ2n) is 4.87. The summed E-state index contributed by atoms with van der Waals surface area (Å²) >= 11 is 0. The highest BCUT2D eigenvalue weighted by Gasteiger charge is 2.48. The number of hydrazine groups is 1. The summed E-state index contributed by atoms with van der Waals surface area (Å²) in [6, 6.07) is 14.0. The zero-order valence-corrected chi connectivity index (χ0v) is 11.7. The lowest BCUT2D eigenvalue weighted by molar-refractivity contribution is 0.0731. The number of fused-ring (bicyclic) bond motifs is 1. The third-order valence-corrected chi connectivity index (χ3v) is 3.56. The van der Waals surface area contributed by atoms with Crippen LogP contribution in [0.5, 0.6) is 0 Å². The fourth-order valence-electron chi connectivity index (χ4n) is 2.38. The van der Waals surface area contributed by atoms with Crippen molar-refractivity contribution in [3.8, 4) is 18.2 Å². The number of para-hydroxylation sites is 1. The first-order valence-electron chi connectivity index (χ1n) is 6.49. The molecular weight excluding hydrogens is 294 g/mol. The highest BCUT2D eigenvalue weighted by Crippen LogP contribution is 2.27. The fraction of sp³-hybridized carbons (Fsp3) is 0.0667. The van der Waals surface area contributed by atoms with E-state index >= 15 is 0 Å². The molecule has 0 unspecified atom stereocenters. The molecule has 2 heterocycles. The van der Waals surface area contributed by atoms with Crippen molar-refractivity contribution in [3.63, 3.8) is 0 Å². The van der Waals surface area contributed by atoms with Crippen LogP contribution in [0.25, 0.3) is 10.9 Å². The molecule has 0 saturated heterocycles. The molecule has 1 aromatic heterocycles.